The molecular formula is C26H33Cl4N3O4S. The lowest BCUT2D eigenvalue weighted by atomic mass is 10.0. The summed E-state index contributed by atoms with van der Waals surface area (Å²) in [6.45, 7) is 7.38. The van der Waals surface area contributed by atoms with E-state index in [9.17, 15) is 18.0 Å². The molecule has 38 heavy (non-hydrogen) atoms. The molecular weight excluding hydrogens is 592 g/mol. The highest BCUT2D eigenvalue weighted by Crippen LogP contribution is 2.31. The van der Waals surface area contributed by atoms with Crippen molar-refractivity contribution in [2.24, 2.45) is 0 Å². The molecule has 7 nitrogen and oxygen atoms in total. The lowest BCUT2D eigenvalue weighted by Crippen LogP contribution is -2.53. The zero-order valence-electron chi connectivity index (χ0n) is 22.0. The van der Waals surface area contributed by atoms with Gasteiger partial charge in [0.1, 0.15) is 6.04 Å². The van der Waals surface area contributed by atoms with E-state index in [4.69, 9.17) is 46.4 Å². The molecule has 0 aliphatic rings. The van der Waals surface area contributed by atoms with Crippen LogP contribution in [0.15, 0.2) is 36.4 Å². The fourth-order valence-corrected chi connectivity index (χ4v) is 5.81. The van der Waals surface area contributed by atoms with Crippen molar-refractivity contribution in [3.05, 3.63) is 62.1 Å². The van der Waals surface area contributed by atoms with Crippen molar-refractivity contribution in [1.82, 2.24) is 10.2 Å². The van der Waals surface area contributed by atoms with Crippen molar-refractivity contribution in [2.75, 3.05) is 17.1 Å². The summed E-state index contributed by atoms with van der Waals surface area (Å²) in [5.74, 6) is -0.650. The number of rotatable bonds is 11. The van der Waals surface area contributed by atoms with E-state index in [1.165, 1.54) is 17.0 Å². The summed E-state index contributed by atoms with van der Waals surface area (Å²) in [7, 11) is -3.72. The largest absolute Gasteiger partial charge is 0.350 e. The van der Waals surface area contributed by atoms with Gasteiger partial charge in [0.2, 0.25) is 21.8 Å². The van der Waals surface area contributed by atoms with E-state index in [0.717, 1.165) is 10.6 Å². The summed E-state index contributed by atoms with van der Waals surface area (Å²) >= 11 is 25.1. The van der Waals surface area contributed by atoms with Crippen molar-refractivity contribution < 1.29 is 18.0 Å². The minimum Gasteiger partial charge on any atom is -0.350 e. The predicted octanol–water partition coefficient (Wildman–Crippen LogP) is 6.57. The van der Waals surface area contributed by atoms with Crippen LogP contribution in [0.25, 0.3) is 0 Å². The normalized spacial score (nSPS) is 12.7. The van der Waals surface area contributed by atoms with E-state index in [-0.39, 0.29) is 48.5 Å². The van der Waals surface area contributed by atoms with E-state index in [2.05, 4.69) is 5.32 Å². The van der Waals surface area contributed by atoms with E-state index >= 15 is 0 Å². The van der Waals surface area contributed by atoms with E-state index in [1.54, 1.807) is 24.3 Å². The summed E-state index contributed by atoms with van der Waals surface area (Å²) in [6, 6.07) is 8.77. The highest BCUT2D eigenvalue weighted by Gasteiger charge is 2.31. The predicted molar refractivity (Wildman–Crippen MR) is 157 cm³/mol. The summed E-state index contributed by atoms with van der Waals surface area (Å²) < 4.78 is 26.2. The van der Waals surface area contributed by atoms with Gasteiger partial charge in [0.05, 0.1) is 17.0 Å². The van der Waals surface area contributed by atoms with Gasteiger partial charge in [-0.3, -0.25) is 13.9 Å². The first-order valence-corrected chi connectivity index (χ1v) is 15.4. The van der Waals surface area contributed by atoms with Crippen LogP contribution in [-0.2, 0) is 26.2 Å². The molecule has 0 saturated heterocycles. The number of halogens is 4. The number of nitrogens with zero attached hydrogens (tertiary/aromatic N) is 2. The average molecular weight is 625 g/mol. The molecule has 210 valence electrons. The first-order chi connectivity index (χ1) is 17.5. The minimum absolute atomic E-state index is 0.0172. The van der Waals surface area contributed by atoms with Gasteiger partial charge in [-0.15, -0.1) is 0 Å². The summed E-state index contributed by atoms with van der Waals surface area (Å²) in [4.78, 5) is 28.2. The topological polar surface area (TPSA) is 86.8 Å². The van der Waals surface area contributed by atoms with Gasteiger partial charge < -0.3 is 10.2 Å². The number of hydrogen-bond acceptors (Lipinski definition) is 4. The number of nitrogens with one attached hydrogen (secondary N) is 1. The molecule has 12 heteroatoms. The molecule has 0 fully saturated rings. The van der Waals surface area contributed by atoms with Gasteiger partial charge >= 0.3 is 0 Å². The minimum atomic E-state index is -3.72. The smallest absolute Gasteiger partial charge is 0.243 e. The molecule has 2 aromatic carbocycles. The third-order valence-electron chi connectivity index (χ3n) is 5.60. The summed E-state index contributed by atoms with van der Waals surface area (Å²) in [5.41, 5.74) is 0.243. The van der Waals surface area contributed by atoms with Gasteiger partial charge in [-0.05, 0) is 63.9 Å². The second-order valence-electron chi connectivity index (χ2n) is 9.92. The third-order valence-corrected chi connectivity index (χ3v) is 8.05. The Morgan fingerprint density at radius 3 is 2.13 bits per heavy atom. The highest BCUT2D eigenvalue weighted by atomic mass is 35.5. The van der Waals surface area contributed by atoms with E-state index in [0.29, 0.717) is 27.1 Å². The lowest BCUT2D eigenvalue weighted by molar-refractivity contribution is -0.142. The molecule has 1 atom stereocenters. The van der Waals surface area contributed by atoms with E-state index < -0.39 is 21.6 Å². The second-order valence-corrected chi connectivity index (χ2v) is 13.5. The number of anilines is 1. The van der Waals surface area contributed by atoms with Crippen LogP contribution in [0, 0.1) is 0 Å². The van der Waals surface area contributed by atoms with Crippen LogP contribution in [0.1, 0.15) is 52.5 Å². The maximum absolute atomic E-state index is 13.6. The van der Waals surface area contributed by atoms with Crippen molar-refractivity contribution in [2.45, 2.75) is 65.1 Å². The fourth-order valence-electron chi connectivity index (χ4n) is 3.89. The molecule has 0 saturated carbocycles. The van der Waals surface area contributed by atoms with Gasteiger partial charge in [0.15, 0.2) is 0 Å². The van der Waals surface area contributed by atoms with Crippen LogP contribution in [-0.4, -0.2) is 49.5 Å². The molecule has 2 rings (SSSR count). The monoisotopic (exact) mass is 623 g/mol. The van der Waals surface area contributed by atoms with Gasteiger partial charge in [-0.2, -0.15) is 0 Å². The SMILES string of the molecule is CC[C@@H](C(=O)NC(C)(C)C)N(Cc1c(Cl)cccc1Cl)C(=O)CCCN(c1cc(Cl)ccc1Cl)S(C)(=O)=O. The maximum Gasteiger partial charge on any atom is 0.243 e. The van der Waals surface area contributed by atoms with Gasteiger partial charge in [0, 0.05) is 45.7 Å². The second kappa shape index (κ2) is 13.6. The number of carbonyl (C=O) groups excluding carboxylic acids is 2. The highest BCUT2D eigenvalue weighted by molar-refractivity contribution is 7.92. The molecule has 0 spiro atoms. The van der Waals surface area contributed by atoms with Crippen LogP contribution in [0.2, 0.25) is 20.1 Å². The molecule has 0 bridgehead atoms. The van der Waals surface area contributed by atoms with Crippen LogP contribution < -0.4 is 9.62 Å². The molecule has 2 amide bonds. The Morgan fingerprint density at radius 1 is 1.00 bits per heavy atom. The molecule has 0 aromatic heterocycles. The van der Waals surface area contributed by atoms with Crippen molar-refractivity contribution in [1.29, 1.82) is 0 Å². The van der Waals surface area contributed by atoms with Crippen LogP contribution >= 0.6 is 46.4 Å². The number of amides is 2. The van der Waals surface area contributed by atoms with E-state index in [1.807, 2.05) is 27.7 Å². The summed E-state index contributed by atoms with van der Waals surface area (Å²) in [6.07, 6.45) is 1.54. The van der Waals surface area contributed by atoms with Crippen LogP contribution in [0.4, 0.5) is 5.69 Å². The molecule has 0 aliphatic carbocycles. The lowest BCUT2D eigenvalue weighted by Gasteiger charge is -2.33. The molecule has 0 heterocycles. The molecule has 2 aromatic rings. The quantitative estimate of drug-likeness (QED) is 0.306. The van der Waals surface area contributed by atoms with Crippen molar-refractivity contribution in [3.8, 4) is 0 Å². The Balaban J connectivity index is 2.33. The number of sulfonamides is 1. The number of hydrogen-bond donors (Lipinski definition) is 1. The third kappa shape index (κ3) is 9.19. The van der Waals surface area contributed by atoms with Crippen LogP contribution in [0.5, 0.6) is 0 Å². The number of carbonyl (C=O) groups is 2. The molecule has 0 radical (unpaired) electrons. The fraction of sp³-hybridized carbons (Fsp3) is 0.462. The zero-order chi connectivity index (χ0) is 28.8. The molecule has 0 unspecified atom stereocenters. The Morgan fingerprint density at radius 2 is 1.61 bits per heavy atom. The van der Waals surface area contributed by atoms with Gasteiger partial charge in [-0.1, -0.05) is 59.4 Å². The van der Waals surface area contributed by atoms with Gasteiger partial charge in [-0.25, -0.2) is 8.42 Å². The molecule has 1 N–H and O–H groups in total. The first-order valence-electron chi connectivity index (χ1n) is 12.0. The Hall–Kier alpha value is -1.71. The zero-order valence-corrected chi connectivity index (χ0v) is 25.9. The first kappa shape index (κ1) is 32.5. The Bertz CT molecular complexity index is 1250. The standard InChI is InChI=1S/C26H33Cl4N3O4S/c1-6-22(25(35)31-26(2,3)4)32(16-18-19(28)9-7-10-20(18)29)24(34)11-8-14-33(38(5,36)37)23-15-17(27)12-13-21(23)30/h7,9-10,12-13,15,22H,6,8,11,14,16H2,1-5H3,(H,31,35)/t22-/m0/s1. The Labute approximate surface area is 245 Å². The average Bonchev–Trinajstić information content (AvgIpc) is 2.78. The van der Waals surface area contributed by atoms with Gasteiger partial charge in [0.25, 0.3) is 0 Å². The van der Waals surface area contributed by atoms with Crippen molar-refractivity contribution in [3.63, 3.8) is 0 Å². The summed E-state index contributed by atoms with van der Waals surface area (Å²) in [5, 5.41) is 4.23. The maximum atomic E-state index is 13.6. The Kier molecular flexibility index (Phi) is 11.6. The number of benzene rings is 2. The van der Waals surface area contributed by atoms with Crippen LogP contribution in [0.3, 0.4) is 0 Å². The van der Waals surface area contributed by atoms with Crippen molar-refractivity contribution >= 4 is 73.9 Å². The molecule has 0 aliphatic heterocycles.